The smallest absolute Gasteiger partial charge is 0.350 e. The van der Waals surface area contributed by atoms with Gasteiger partial charge in [-0.25, -0.2) is 9.59 Å². The number of aliphatic hydroxyl groups excluding tert-OH is 3. The third-order valence-corrected chi connectivity index (χ3v) is 4.85. The molecule has 3 saturated heterocycles. The highest BCUT2D eigenvalue weighted by Crippen LogP contribution is 2.43. The van der Waals surface area contributed by atoms with Gasteiger partial charge in [0.15, 0.2) is 35.8 Å². The molecule has 0 aromatic heterocycles. The Balaban J connectivity index is 1.37. The van der Waals surface area contributed by atoms with E-state index in [9.17, 15) is 24.9 Å². The lowest BCUT2D eigenvalue weighted by Crippen LogP contribution is -2.37. The summed E-state index contributed by atoms with van der Waals surface area (Å²) in [5, 5.41) is 28.4. The molecule has 0 aromatic carbocycles. The van der Waals surface area contributed by atoms with Crippen molar-refractivity contribution in [1.82, 2.24) is 0 Å². The fraction of sp³-hybridized carbons (Fsp3) is 0.556. The van der Waals surface area contributed by atoms with Crippen LogP contribution in [0.1, 0.15) is 20.3 Å². The third kappa shape index (κ3) is 3.23. The molecule has 0 radical (unpaired) electrons. The highest BCUT2D eigenvalue weighted by molar-refractivity contribution is 5.87. The Labute approximate surface area is 159 Å². The molecule has 28 heavy (non-hydrogen) atoms. The predicted molar refractivity (Wildman–Crippen MR) is 88.7 cm³/mol. The number of hydrogen-bond acceptors (Lipinski definition) is 10. The lowest BCUT2D eigenvalue weighted by Gasteiger charge is -2.21. The summed E-state index contributed by atoms with van der Waals surface area (Å²) in [6.45, 7) is 3.43. The van der Waals surface area contributed by atoms with Gasteiger partial charge in [-0.1, -0.05) is 6.08 Å². The van der Waals surface area contributed by atoms with E-state index in [0.717, 1.165) is 6.08 Å². The maximum Gasteiger partial charge on any atom is 0.350 e. The zero-order chi connectivity index (χ0) is 20.2. The largest absolute Gasteiger partial charge is 0.508 e. The molecular weight excluding hydrogens is 376 g/mol. The molecule has 4 rings (SSSR count). The number of fused-ring (bicyclic) bond motifs is 3. The van der Waals surface area contributed by atoms with Crippen molar-refractivity contribution in [3.8, 4) is 0 Å². The van der Waals surface area contributed by atoms with Gasteiger partial charge in [0.05, 0.1) is 0 Å². The first-order valence-corrected chi connectivity index (χ1v) is 8.77. The highest BCUT2D eigenvalue weighted by atomic mass is 16.8. The fourth-order valence-electron chi connectivity index (χ4n) is 3.63. The maximum atomic E-state index is 12.1. The average Bonchev–Trinajstić information content (AvgIpc) is 3.18. The molecule has 10 heteroatoms. The normalized spacial score (nSPS) is 38.9. The van der Waals surface area contributed by atoms with Crippen LogP contribution in [0.5, 0.6) is 0 Å². The zero-order valence-corrected chi connectivity index (χ0v) is 15.1. The van der Waals surface area contributed by atoms with Crippen LogP contribution < -0.4 is 0 Å². The molecule has 0 spiro atoms. The van der Waals surface area contributed by atoms with E-state index < -0.39 is 65.9 Å². The Morgan fingerprint density at radius 3 is 2.68 bits per heavy atom. The van der Waals surface area contributed by atoms with Gasteiger partial charge in [0, 0.05) is 18.4 Å². The quantitative estimate of drug-likeness (QED) is 0.468. The van der Waals surface area contributed by atoms with Gasteiger partial charge < -0.3 is 39.0 Å². The van der Waals surface area contributed by atoms with Crippen molar-refractivity contribution in [1.29, 1.82) is 0 Å². The van der Waals surface area contributed by atoms with Crippen LogP contribution in [-0.2, 0) is 33.3 Å². The Kier molecular flexibility index (Phi) is 4.36. The molecule has 3 N–H and O–H groups in total. The van der Waals surface area contributed by atoms with E-state index in [-0.39, 0.29) is 12.2 Å². The number of hydrogen-bond donors (Lipinski definition) is 3. The van der Waals surface area contributed by atoms with Crippen molar-refractivity contribution in [2.45, 2.75) is 56.8 Å². The van der Waals surface area contributed by atoms with Crippen LogP contribution >= 0.6 is 0 Å². The molecule has 0 amide bonds. The van der Waals surface area contributed by atoms with Gasteiger partial charge in [-0.2, -0.15) is 0 Å². The number of rotatable bonds is 3. The van der Waals surface area contributed by atoms with Crippen LogP contribution in [0.3, 0.4) is 0 Å². The molecule has 4 aliphatic rings. The SMILES string of the molecule is CC1(C)OC2OC3C(OC(=O)/C=C/[C@H]4C=C(O)C(O)=C(O)C4)C(=O)OC3C2O1. The molecular formula is C18H20O10. The molecule has 3 fully saturated rings. The highest BCUT2D eigenvalue weighted by Gasteiger charge is 2.64. The van der Waals surface area contributed by atoms with E-state index in [1.54, 1.807) is 13.8 Å². The topological polar surface area (TPSA) is 141 Å². The first-order chi connectivity index (χ1) is 13.1. The van der Waals surface area contributed by atoms with Gasteiger partial charge in [0.2, 0.25) is 6.10 Å². The van der Waals surface area contributed by atoms with Crippen LogP contribution in [0.2, 0.25) is 0 Å². The Morgan fingerprint density at radius 1 is 1.21 bits per heavy atom. The van der Waals surface area contributed by atoms with Crippen LogP contribution in [-0.4, -0.2) is 63.8 Å². The van der Waals surface area contributed by atoms with Crippen molar-refractivity contribution in [2.24, 2.45) is 5.92 Å². The Morgan fingerprint density at radius 2 is 1.96 bits per heavy atom. The van der Waals surface area contributed by atoms with Crippen molar-refractivity contribution in [3.05, 3.63) is 35.5 Å². The Bertz CT molecular complexity index is 794. The average molecular weight is 396 g/mol. The van der Waals surface area contributed by atoms with Crippen LogP contribution in [0.25, 0.3) is 0 Å². The minimum atomic E-state index is -1.25. The second-order valence-corrected chi connectivity index (χ2v) is 7.40. The van der Waals surface area contributed by atoms with E-state index >= 15 is 0 Å². The van der Waals surface area contributed by atoms with Gasteiger partial charge in [0.1, 0.15) is 11.9 Å². The number of carbonyl (C=O) groups is 2. The lowest BCUT2D eigenvalue weighted by molar-refractivity contribution is -0.216. The second kappa shape index (κ2) is 6.50. The second-order valence-electron chi connectivity index (χ2n) is 7.40. The predicted octanol–water partition coefficient (Wildman–Crippen LogP) is 1.05. The number of carbonyl (C=O) groups excluding carboxylic acids is 2. The van der Waals surface area contributed by atoms with E-state index in [1.807, 2.05) is 0 Å². The minimum absolute atomic E-state index is 0.00672. The maximum absolute atomic E-state index is 12.1. The number of ether oxygens (including phenoxy) is 5. The summed E-state index contributed by atoms with van der Waals surface area (Å²) < 4.78 is 27.4. The molecule has 3 heterocycles. The summed E-state index contributed by atoms with van der Waals surface area (Å²) in [5.74, 6) is -4.42. The van der Waals surface area contributed by atoms with Gasteiger partial charge in [-0.05, 0) is 19.9 Å². The fourth-order valence-corrected chi connectivity index (χ4v) is 3.63. The molecule has 10 nitrogen and oxygen atoms in total. The van der Waals surface area contributed by atoms with E-state index in [1.165, 1.54) is 12.2 Å². The molecule has 0 aromatic rings. The van der Waals surface area contributed by atoms with E-state index in [0.29, 0.717) is 0 Å². The first-order valence-electron chi connectivity index (χ1n) is 8.77. The van der Waals surface area contributed by atoms with E-state index in [2.05, 4.69) is 0 Å². The van der Waals surface area contributed by atoms with Crippen LogP contribution in [0, 0.1) is 5.92 Å². The number of allylic oxidation sites excluding steroid dienone is 3. The molecule has 5 unspecified atom stereocenters. The van der Waals surface area contributed by atoms with Crippen molar-refractivity contribution < 1.29 is 48.6 Å². The standard InChI is InChI=1S/C18H20O10/c1-18(2)27-15-13-12(26-17(15)28-18)14(16(23)25-13)24-10(21)4-3-7-5-8(19)11(22)9(20)6-7/h3-5,7,12-15,17,19-20,22H,6H2,1-2H3/b4-3+/t7-,12?,13?,14?,15?,17?/m0/s1. The van der Waals surface area contributed by atoms with Gasteiger partial charge in [0.25, 0.3) is 0 Å². The molecule has 152 valence electrons. The molecule has 3 aliphatic heterocycles. The van der Waals surface area contributed by atoms with E-state index in [4.69, 9.17) is 23.7 Å². The summed E-state index contributed by atoms with van der Waals surface area (Å²) in [4.78, 5) is 24.2. The summed E-state index contributed by atoms with van der Waals surface area (Å²) in [6.07, 6.45) is -0.412. The summed E-state index contributed by atoms with van der Waals surface area (Å²) in [6, 6.07) is 0. The van der Waals surface area contributed by atoms with Crippen molar-refractivity contribution in [2.75, 3.05) is 0 Å². The van der Waals surface area contributed by atoms with Gasteiger partial charge >= 0.3 is 11.9 Å². The van der Waals surface area contributed by atoms with Crippen molar-refractivity contribution in [3.63, 3.8) is 0 Å². The lowest BCUT2D eigenvalue weighted by atomic mass is 9.97. The first kappa shape index (κ1) is 18.8. The van der Waals surface area contributed by atoms with Crippen LogP contribution in [0.15, 0.2) is 35.5 Å². The monoisotopic (exact) mass is 396 g/mol. The number of aliphatic hydroxyl groups is 3. The molecule has 6 atom stereocenters. The van der Waals surface area contributed by atoms with Crippen molar-refractivity contribution >= 4 is 11.9 Å². The zero-order valence-electron chi connectivity index (χ0n) is 15.1. The minimum Gasteiger partial charge on any atom is -0.508 e. The summed E-state index contributed by atoms with van der Waals surface area (Å²) >= 11 is 0. The van der Waals surface area contributed by atoms with Gasteiger partial charge in [-0.3, -0.25) is 0 Å². The summed E-state index contributed by atoms with van der Waals surface area (Å²) in [5.41, 5.74) is 0. The Hall–Kier alpha value is -2.56. The van der Waals surface area contributed by atoms with Gasteiger partial charge in [-0.15, -0.1) is 0 Å². The summed E-state index contributed by atoms with van der Waals surface area (Å²) in [7, 11) is 0. The molecule has 0 bridgehead atoms. The van der Waals surface area contributed by atoms with Crippen LogP contribution in [0.4, 0.5) is 0 Å². The third-order valence-electron chi connectivity index (χ3n) is 4.85. The molecule has 0 saturated carbocycles. The number of esters is 2. The molecule has 1 aliphatic carbocycles.